The molecule has 0 aliphatic rings. The highest BCUT2D eigenvalue weighted by Crippen LogP contribution is 2.36. The molecule has 152 valence electrons. The summed E-state index contributed by atoms with van der Waals surface area (Å²) in [5, 5.41) is 4.78. The first-order valence-electron chi connectivity index (χ1n) is 9.81. The molecule has 2 aromatic heterocycles. The minimum Gasteiger partial charge on any atom is -0.339 e. The summed E-state index contributed by atoms with van der Waals surface area (Å²) in [6.45, 7) is 1.97. The van der Waals surface area contributed by atoms with Gasteiger partial charge in [0.25, 0.3) is 0 Å². The van der Waals surface area contributed by atoms with Crippen molar-refractivity contribution in [2.24, 2.45) is 0 Å². The maximum atomic E-state index is 13.7. The minimum absolute atomic E-state index is 0.314. The maximum Gasteiger partial charge on any atom is 0.150 e. The molecule has 1 N–H and O–H groups in total. The highest BCUT2D eigenvalue weighted by Gasteiger charge is 2.18. The number of fused-ring (bicyclic) bond motifs is 1. The molecule has 4 nitrogen and oxygen atoms in total. The fourth-order valence-corrected chi connectivity index (χ4v) is 3.80. The topological polar surface area (TPSA) is 42.7 Å². The summed E-state index contributed by atoms with van der Waals surface area (Å²) < 4.78 is 15.7. The Morgan fingerprint density at radius 1 is 0.935 bits per heavy atom. The Balaban J connectivity index is 1.75. The van der Waals surface area contributed by atoms with Gasteiger partial charge in [-0.1, -0.05) is 54.1 Å². The second-order valence-electron chi connectivity index (χ2n) is 7.27. The molecule has 0 unspecified atom stereocenters. The first kappa shape index (κ1) is 19.3. The van der Waals surface area contributed by atoms with Gasteiger partial charge in [0.05, 0.1) is 5.39 Å². The molecule has 3 aromatic carbocycles. The van der Waals surface area contributed by atoms with Crippen LogP contribution in [-0.4, -0.2) is 14.5 Å². The van der Waals surface area contributed by atoms with Gasteiger partial charge in [0.2, 0.25) is 0 Å². The van der Waals surface area contributed by atoms with Crippen LogP contribution in [-0.2, 0) is 0 Å². The lowest BCUT2D eigenvalue weighted by Crippen LogP contribution is -1.98. The molecule has 5 rings (SSSR count). The van der Waals surface area contributed by atoms with Crippen LogP contribution in [0.3, 0.4) is 0 Å². The van der Waals surface area contributed by atoms with Gasteiger partial charge in [0, 0.05) is 28.2 Å². The van der Waals surface area contributed by atoms with Gasteiger partial charge in [0.1, 0.15) is 18.0 Å². The normalized spacial score (nSPS) is 11.1. The number of nitrogens with zero attached hydrogens (tertiary/aromatic N) is 3. The molecular weight excluding hydrogens is 411 g/mol. The number of halogens is 2. The standard InChI is InChI=1S/C25H18ClFN4/c1-16-10-11-20(13-22(16)26)31-14-21(17-6-3-2-4-7-17)23-24(28-15-29-25(23)31)30-19-9-5-8-18(27)12-19/h2-15H,1H3,(H,28,29,30). The van der Waals surface area contributed by atoms with Gasteiger partial charge in [-0.3, -0.25) is 0 Å². The number of benzene rings is 3. The van der Waals surface area contributed by atoms with E-state index in [1.165, 1.54) is 18.5 Å². The number of rotatable bonds is 4. The van der Waals surface area contributed by atoms with Gasteiger partial charge >= 0.3 is 0 Å². The summed E-state index contributed by atoms with van der Waals surface area (Å²) in [7, 11) is 0. The Bertz CT molecular complexity index is 1400. The molecule has 0 saturated carbocycles. The van der Waals surface area contributed by atoms with Crippen molar-refractivity contribution in [1.29, 1.82) is 0 Å². The average molecular weight is 429 g/mol. The van der Waals surface area contributed by atoms with Crippen molar-refractivity contribution >= 4 is 34.1 Å². The van der Waals surface area contributed by atoms with E-state index in [0.717, 1.165) is 33.4 Å². The average Bonchev–Trinajstić information content (AvgIpc) is 3.17. The Labute approximate surface area is 184 Å². The van der Waals surface area contributed by atoms with Crippen LogP contribution in [0.25, 0.3) is 27.8 Å². The third-order valence-electron chi connectivity index (χ3n) is 5.19. The molecule has 0 radical (unpaired) electrons. The van der Waals surface area contributed by atoms with Gasteiger partial charge < -0.3 is 9.88 Å². The van der Waals surface area contributed by atoms with Crippen LogP contribution in [0, 0.1) is 12.7 Å². The van der Waals surface area contributed by atoms with E-state index in [9.17, 15) is 4.39 Å². The van der Waals surface area contributed by atoms with E-state index in [1.54, 1.807) is 12.1 Å². The zero-order chi connectivity index (χ0) is 21.4. The fraction of sp³-hybridized carbons (Fsp3) is 0.0400. The lowest BCUT2D eigenvalue weighted by Gasteiger charge is -2.09. The first-order chi connectivity index (χ1) is 15.1. The SMILES string of the molecule is Cc1ccc(-n2cc(-c3ccccc3)c3c(Nc4cccc(F)c4)ncnc32)cc1Cl. The molecule has 31 heavy (non-hydrogen) atoms. The molecule has 6 heteroatoms. The lowest BCUT2D eigenvalue weighted by atomic mass is 10.1. The van der Waals surface area contributed by atoms with Crippen molar-refractivity contribution in [1.82, 2.24) is 14.5 Å². The summed E-state index contributed by atoms with van der Waals surface area (Å²) in [5.74, 6) is 0.289. The molecule has 0 saturated heterocycles. The van der Waals surface area contributed by atoms with E-state index < -0.39 is 0 Å². The van der Waals surface area contributed by atoms with Crippen LogP contribution in [0.1, 0.15) is 5.56 Å². The Morgan fingerprint density at radius 3 is 2.55 bits per heavy atom. The van der Waals surface area contributed by atoms with Crippen molar-refractivity contribution in [2.75, 3.05) is 5.32 Å². The molecule has 0 aliphatic heterocycles. The quantitative estimate of drug-likeness (QED) is 0.337. The maximum absolute atomic E-state index is 13.7. The molecule has 2 heterocycles. The second kappa shape index (κ2) is 7.85. The van der Waals surface area contributed by atoms with E-state index in [1.807, 2.05) is 66.2 Å². The van der Waals surface area contributed by atoms with E-state index in [0.29, 0.717) is 16.5 Å². The van der Waals surface area contributed by atoms with E-state index in [4.69, 9.17) is 11.6 Å². The van der Waals surface area contributed by atoms with Crippen molar-refractivity contribution in [2.45, 2.75) is 6.92 Å². The Kier molecular flexibility index (Phi) is 4.88. The summed E-state index contributed by atoms with van der Waals surface area (Å²) in [5.41, 5.74) is 5.25. The molecule has 0 fully saturated rings. The van der Waals surface area contributed by atoms with Crippen LogP contribution in [0.15, 0.2) is 85.3 Å². The molecule has 0 bridgehead atoms. The van der Waals surface area contributed by atoms with Crippen molar-refractivity contribution in [3.63, 3.8) is 0 Å². The largest absolute Gasteiger partial charge is 0.339 e. The van der Waals surface area contributed by atoms with Crippen LogP contribution in [0.4, 0.5) is 15.9 Å². The van der Waals surface area contributed by atoms with Gasteiger partial charge in [-0.05, 0) is 48.4 Å². The Hall–Kier alpha value is -3.70. The summed E-state index contributed by atoms with van der Waals surface area (Å²) in [4.78, 5) is 9.04. The smallest absolute Gasteiger partial charge is 0.150 e. The van der Waals surface area contributed by atoms with Gasteiger partial charge in [-0.2, -0.15) is 0 Å². The van der Waals surface area contributed by atoms with Gasteiger partial charge in [-0.25, -0.2) is 14.4 Å². The highest BCUT2D eigenvalue weighted by atomic mass is 35.5. The van der Waals surface area contributed by atoms with Crippen molar-refractivity contribution < 1.29 is 4.39 Å². The first-order valence-corrected chi connectivity index (χ1v) is 10.2. The zero-order valence-electron chi connectivity index (χ0n) is 16.7. The number of hydrogen-bond donors (Lipinski definition) is 1. The van der Waals surface area contributed by atoms with Crippen molar-refractivity contribution in [3.8, 4) is 16.8 Å². The monoisotopic (exact) mass is 428 g/mol. The molecule has 5 aromatic rings. The molecule has 0 aliphatic carbocycles. The fourth-order valence-electron chi connectivity index (χ4n) is 3.62. The second-order valence-corrected chi connectivity index (χ2v) is 7.68. The molecule has 0 amide bonds. The van der Waals surface area contributed by atoms with Crippen LogP contribution in [0.5, 0.6) is 0 Å². The van der Waals surface area contributed by atoms with Crippen LogP contribution >= 0.6 is 11.6 Å². The van der Waals surface area contributed by atoms with Crippen LogP contribution in [0.2, 0.25) is 5.02 Å². The summed E-state index contributed by atoms with van der Waals surface area (Å²) in [6.07, 6.45) is 3.54. The van der Waals surface area contributed by atoms with E-state index in [-0.39, 0.29) is 5.82 Å². The molecular formula is C25H18ClFN4. The predicted molar refractivity (Wildman–Crippen MR) is 124 cm³/mol. The number of aryl methyl sites for hydroxylation is 1. The number of anilines is 2. The summed E-state index contributed by atoms with van der Waals surface area (Å²) in [6, 6.07) is 22.3. The van der Waals surface area contributed by atoms with Crippen molar-refractivity contribution in [3.05, 3.63) is 102 Å². The van der Waals surface area contributed by atoms with E-state index in [2.05, 4.69) is 15.3 Å². The summed E-state index contributed by atoms with van der Waals surface area (Å²) >= 11 is 6.40. The van der Waals surface area contributed by atoms with Crippen LogP contribution < -0.4 is 5.32 Å². The number of aromatic nitrogens is 3. The number of nitrogens with one attached hydrogen (secondary N) is 1. The van der Waals surface area contributed by atoms with E-state index >= 15 is 0 Å². The minimum atomic E-state index is -0.314. The third-order valence-corrected chi connectivity index (χ3v) is 5.60. The Morgan fingerprint density at radius 2 is 1.77 bits per heavy atom. The molecule has 0 atom stereocenters. The number of hydrogen-bond acceptors (Lipinski definition) is 3. The third kappa shape index (κ3) is 3.64. The van der Waals surface area contributed by atoms with Gasteiger partial charge in [-0.15, -0.1) is 0 Å². The highest BCUT2D eigenvalue weighted by molar-refractivity contribution is 6.31. The molecule has 0 spiro atoms. The zero-order valence-corrected chi connectivity index (χ0v) is 17.4. The van der Waals surface area contributed by atoms with Gasteiger partial charge in [0.15, 0.2) is 5.65 Å². The lowest BCUT2D eigenvalue weighted by molar-refractivity contribution is 0.628. The predicted octanol–water partition coefficient (Wildman–Crippen LogP) is 6.93.